The molecule has 0 heterocycles. The lowest BCUT2D eigenvalue weighted by atomic mass is 10.0. The average molecular weight is 692 g/mol. The Morgan fingerprint density at radius 3 is 1.87 bits per heavy atom. The van der Waals surface area contributed by atoms with E-state index in [0.29, 0.717) is 25.0 Å². The van der Waals surface area contributed by atoms with Gasteiger partial charge in [0.05, 0.1) is 17.7 Å². The lowest BCUT2D eigenvalue weighted by molar-refractivity contribution is -0.206. The predicted octanol–water partition coefficient (Wildman–Crippen LogP) is 11.1. The van der Waals surface area contributed by atoms with Gasteiger partial charge in [0.1, 0.15) is 11.5 Å². The summed E-state index contributed by atoms with van der Waals surface area (Å²) < 4.78 is 56.6. The van der Waals surface area contributed by atoms with Crippen molar-refractivity contribution in [3.05, 3.63) is 82.3 Å². The molecule has 0 aromatic heterocycles. The first-order valence-corrected chi connectivity index (χ1v) is 16.5. The standard InChI is InChI=1S/C36H42BrF3O5/c1-3-5-7-9-10-12-24-43-29-20-18-27(19-21-29)26-14-16-28(17-15-26)34(41)44-30-22-23-31(32(37)25-30)35(42)45-33(36(38,39)40)13-11-8-6-4-2/h14-23,25,33H,3-13,24H2,1-2H3. The number of unbranched alkanes of at least 4 members (excludes halogenated alkanes) is 8. The monoisotopic (exact) mass is 690 g/mol. The molecule has 244 valence electrons. The molecule has 5 nitrogen and oxygen atoms in total. The molecule has 0 fully saturated rings. The van der Waals surface area contributed by atoms with E-state index in [4.69, 9.17) is 14.2 Å². The van der Waals surface area contributed by atoms with Gasteiger partial charge in [-0.1, -0.05) is 89.5 Å². The highest BCUT2D eigenvalue weighted by Gasteiger charge is 2.42. The van der Waals surface area contributed by atoms with Crippen LogP contribution in [-0.4, -0.2) is 30.8 Å². The van der Waals surface area contributed by atoms with Gasteiger partial charge in [-0.05, 0) is 88.8 Å². The lowest BCUT2D eigenvalue weighted by Crippen LogP contribution is -2.34. The Bertz CT molecular complexity index is 1340. The average Bonchev–Trinajstić information content (AvgIpc) is 3.02. The van der Waals surface area contributed by atoms with Gasteiger partial charge < -0.3 is 14.2 Å². The first-order chi connectivity index (χ1) is 21.6. The van der Waals surface area contributed by atoms with Crippen molar-refractivity contribution < 1.29 is 37.0 Å². The van der Waals surface area contributed by atoms with Crippen molar-refractivity contribution in [2.45, 2.75) is 96.8 Å². The third kappa shape index (κ3) is 12.2. The second-order valence-electron chi connectivity index (χ2n) is 11.0. The Labute approximate surface area is 272 Å². The van der Waals surface area contributed by atoms with Crippen molar-refractivity contribution in [2.75, 3.05) is 6.61 Å². The van der Waals surface area contributed by atoms with Gasteiger partial charge in [-0.25, -0.2) is 9.59 Å². The summed E-state index contributed by atoms with van der Waals surface area (Å²) in [6.45, 7) is 4.87. The number of esters is 2. The van der Waals surface area contributed by atoms with E-state index in [1.54, 1.807) is 12.1 Å². The van der Waals surface area contributed by atoms with Gasteiger partial charge in [0.15, 0.2) is 6.10 Å². The van der Waals surface area contributed by atoms with Crippen LogP contribution in [0.5, 0.6) is 11.5 Å². The summed E-state index contributed by atoms with van der Waals surface area (Å²) in [6, 6.07) is 18.7. The molecule has 0 aliphatic rings. The number of benzene rings is 3. The topological polar surface area (TPSA) is 61.8 Å². The van der Waals surface area contributed by atoms with E-state index in [1.165, 1.54) is 50.3 Å². The van der Waals surface area contributed by atoms with Gasteiger partial charge in [0.25, 0.3) is 0 Å². The summed E-state index contributed by atoms with van der Waals surface area (Å²) in [4.78, 5) is 25.3. The van der Waals surface area contributed by atoms with E-state index < -0.39 is 24.2 Å². The minimum atomic E-state index is -4.66. The van der Waals surface area contributed by atoms with Crippen molar-refractivity contribution in [2.24, 2.45) is 0 Å². The molecule has 0 radical (unpaired) electrons. The van der Waals surface area contributed by atoms with Crippen LogP contribution in [0.15, 0.2) is 71.2 Å². The van der Waals surface area contributed by atoms with Crippen LogP contribution in [0.1, 0.15) is 105 Å². The van der Waals surface area contributed by atoms with Crippen molar-refractivity contribution in [3.8, 4) is 22.6 Å². The molecule has 9 heteroatoms. The SMILES string of the molecule is CCCCCCCCOc1ccc(-c2ccc(C(=O)Oc3ccc(C(=O)OC(CCCCCC)C(F)(F)F)c(Br)c3)cc2)cc1. The quantitative estimate of drug-likeness (QED) is 0.0755. The van der Waals surface area contributed by atoms with Gasteiger partial charge >= 0.3 is 18.1 Å². The summed E-state index contributed by atoms with van der Waals surface area (Å²) in [5.74, 6) is -0.784. The van der Waals surface area contributed by atoms with E-state index in [-0.39, 0.29) is 22.2 Å². The van der Waals surface area contributed by atoms with Crippen LogP contribution < -0.4 is 9.47 Å². The molecule has 0 amide bonds. The fourth-order valence-corrected chi connectivity index (χ4v) is 5.26. The molecule has 1 atom stereocenters. The van der Waals surface area contributed by atoms with Crippen LogP contribution in [-0.2, 0) is 4.74 Å². The Morgan fingerprint density at radius 2 is 1.27 bits per heavy atom. The number of carbonyl (C=O) groups excluding carboxylic acids is 2. The van der Waals surface area contributed by atoms with Gasteiger partial charge in [-0.3, -0.25) is 0 Å². The molecular weight excluding hydrogens is 649 g/mol. The number of carbonyl (C=O) groups is 2. The molecule has 0 spiro atoms. The van der Waals surface area contributed by atoms with E-state index in [2.05, 4.69) is 22.9 Å². The molecular formula is C36H42BrF3O5. The van der Waals surface area contributed by atoms with Crippen LogP contribution in [0, 0.1) is 0 Å². The molecule has 0 saturated carbocycles. The Balaban J connectivity index is 1.53. The van der Waals surface area contributed by atoms with Gasteiger partial charge in [0, 0.05) is 4.47 Å². The van der Waals surface area contributed by atoms with Gasteiger partial charge in [-0.15, -0.1) is 0 Å². The van der Waals surface area contributed by atoms with Gasteiger partial charge in [0.2, 0.25) is 0 Å². The lowest BCUT2D eigenvalue weighted by Gasteiger charge is -2.21. The molecule has 0 saturated heterocycles. The molecule has 3 rings (SSSR count). The van der Waals surface area contributed by atoms with Gasteiger partial charge in [-0.2, -0.15) is 13.2 Å². The van der Waals surface area contributed by atoms with Crippen LogP contribution in [0.2, 0.25) is 0 Å². The zero-order valence-electron chi connectivity index (χ0n) is 26.0. The predicted molar refractivity (Wildman–Crippen MR) is 174 cm³/mol. The maximum absolute atomic E-state index is 13.5. The second-order valence-corrected chi connectivity index (χ2v) is 11.9. The summed E-state index contributed by atoms with van der Waals surface area (Å²) in [5.41, 5.74) is 2.11. The van der Waals surface area contributed by atoms with E-state index in [0.717, 1.165) is 36.1 Å². The maximum Gasteiger partial charge on any atom is 0.425 e. The minimum Gasteiger partial charge on any atom is -0.494 e. The van der Waals surface area contributed by atoms with Crippen molar-refractivity contribution >= 4 is 27.9 Å². The highest BCUT2D eigenvalue weighted by atomic mass is 79.9. The third-order valence-electron chi connectivity index (χ3n) is 7.38. The molecule has 0 N–H and O–H groups in total. The van der Waals surface area contributed by atoms with Crippen molar-refractivity contribution in [1.82, 2.24) is 0 Å². The number of rotatable bonds is 18. The molecule has 1 unspecified atom stereocenters. The number of ether oxygens (including phenoxy) is 3. The number of hydrogen-bond acceptors (Lipinski definition) is 5. The zero-order valence-corrected chi connectivity index (χ0v) is 27.6. The molecule has 0 bridgehead atoms. The maximum atomic E-state index is 13.5. The molecule has 3 aromatic rings. The largest absolute Gasteiger partial charge is 0.494 e. The molecule has 0 aliphatic heterocycles. The highest BCUT2D eigenvalue weighted by Crippen LogP contribution is 2.31. The number of hydrogen-bond donors (Lipinski definition) is 0. The van der Waals surface area contributed by atoms with E-state index in [1.807, 2.05) is 43.3 Å². The second kappa shape index (κ2) is 18.6. The summed E-state index contributed by atoms with van der Waals surface area (Å²) in [5, 5.41) is 0. The van der Waals surface area contributed by atoms with Crippen LogP contribution >= 0.6 is 15.9 Å². The Kier molecular flexibility index (Phi) is 14.9. The number of halogens is 4. The molecule has 3 aromatic carbocycles. The smallest absolute Gasteiger partial charge is 0.425 e. The summed E-state index contributed by atoms with van der Waals surface area (Å²) in [6.07, 6.45) is 2.77. The fourth-order valence-electron chi connectivity index (χ4n) is 4.74. The van der Waals surface area contributed by atoms with Crippen LogP contribution in [0.3, 0.4) is 0 Å². The first-order valence-electron chi connectivity index (χ1n) is 15.7. The van der Waals surface area contributed by atoms with Crippen molar-refractivity contribution in [1.29, 1.82) is 0 Å². The zero-order chi connectivity index (χ0) is 32.7. The Morgan fingerprint density at radius 1 is 0.711 bits per heavy atom. The molecule has 45 heavy (non-hydrogen) atoms. The third-order valence-corrected chi connectivity index (χ3v) is 8.04. The van der Waals surface area contributed by atoms with Crippen LogP contribution in [0.25, 0.3) is 11.1 Å². The summed E-state index contributed by atoms with van der Waals surface area (Å²) in [7, 11) is 0. The van der Waals surface area contributed by atoms with E-state index in [9.17, 15) is 22.8 Å². The fraction of sp³-hybridized carbons (Fsp3) is 0.444. The van der Waals surface area contributed by atoms with Crippen LogP contribution in [0.4, 0.5) is 13.2 Å². The molecule has 0 aliphatic carbocycles. The highest BCUT2D eigenvalue weighted by molar-refractivity contribution is 9.10. The van der Waals surface area contributed by atoms with E-state index >= 15 is 0 Å². The number of alkyl halides is 3. The minimum absolute atomic E-state index is 0.0965. The summed E-state index contributed by atoms with van der Waals surface area (Å²) >= 11 is 3.19. The van der Waals surface area contributed by atoms with Crippen molar-refractivity contribution in [3.63, 3.8) is 0 Å². The normalized spacial score (nSPS) is 12.0. The Hall–Kier alpha value is -3.33. The first kappa shape index (κ1) is 36.1.